The van der Waals surface area contributed by atoms with Crippen molar-refractivity contribution in [2.45, 2.75) is 13.8 Å². The number of hydrogen-bond acceptors (Lipinski definition) is 0. The lowest BCUT2D eigenvalue weighted by atomic mass is 10.1. The van der Waals surface area contributed by atoms with Gasteiger partial charge in [-0.15, -0.1) is 0 Å². The molecule has 0 fully saturated rings. The second-order valence-corrected chi connectivity index (χ2v) is 4.55. The molecular weight excluding hydrogens is 194 g/mol. The second-order valence-electron chi connectivity index (χ2n) is 4.55. The summed E-state index contributed by atoms with van der Waals surface area (Å²) in [5.74, 6) is 0. The van der Waals surface area contributed by atoms with E-state index in [0.29, 0.717) is 0 Å². The first-order chi connectivity index (χ1) is 7.68. The molecule has 16 heavy (non-hydrogen) atoms. The van der Waals surface area contributed by atoms with Crippen molar-refractivity contribution < 1.29 is 0 Å². The van der Waals surface area contributed by atoms with Crippen LogP contribution in [-0.4, -0.2) is 4.57 Å². The minimum absolute atomic E-state index is 1.31. The fraction of sp³-hybridized carbons (Fsp3) is 0.200. The molecule has 0 amide bonds. The minimum Gasteiger partial charge on any atom is -0.343 e. The van der Waals surface area contributed by atoms with Crippen LogP contribution in [0.25, 0.3) is 21.8 Å². The number of aromatic nitrogens is 1. The third kappa shape index (κ3) is 1.12. The highest BCUT2D eigenvalue weighted by Crippen LogP contribution is 2.30. The van der Waals surface area contributed by atoms with Crippen molar-refractivity contribution in [2.24, 2.45) is 7.05 Å². The monoisotopic (exact) mass is 209 g/mol. The predicted molar refractivity (Wildman–Crippen MR) is 69.9 cm³/mol. The average Bonchev–Trinajstić information content (AvgIpc) is 2.54. The molecule has 0 saturated carbocycles. The number of hydrogen-bond donors (Lipinski definition) is 0. The zero-order valence-corrected chi connectivity index (χ0v) is 9.91. The summed E-state index contributed by atoms with van der Waals surface area (Å²) in [5, 5.41) is 2.72. The molecule has 0 N–H and O–H groups in total. The molecule has 0 aliphatic heterocycles. The Bertz CT molecular complexity index is 689. The van der Waals surface area contributed by atoms with Crippen molar-refractivity contribution in [2.75, 3.05) is 0 Å². The Kier molecular flexibility index (Phi) is 1.84. The van der Waals surface area contributed by atoms with Crippen LogP contribution < -0.4 is 0 Å². The number of fused-ring (bicyclic) bond motifs is 3. The summed E-state index contributed by atoms with van der Waals surface area (Å²) in [6.45, 7) is 4.32. The van der Waals surface area contributed by atoms with Crippen LogP contribution >= 0.6 is 0 Å². The van der Waals surface area contributed by atoms with Crippen molar-refractivity contribution in [1.82, 2.24) is 4.57 Å². The molecule has 1 heteroatoms. The van der Waals surface area contributed by atoms with Crippen LogP contribution in [0.15, 0.2) is 36.4 Å². The summed E-state index contributed by atoms with van der Waals surface area (Å²) in [6.07, 6.45) is 0. The number of para-hydroxylation sites is 1. The van der Waals surface area contributed by atoms with Crippen molar-refractivity contribution in [1.29, 1.82) is 0 Å². The van der Waals surface area contributed by atoms with Crippen LogP contribution in [0.3, 0.4) is 0 Å². The summed E-state index contributed by atoms with van der Waals surface area (Å²) in [6, 6.07) is 13.2. The SMILES string of the molecule is Cc1ccc2c(c1)c1cccc(C)c1n2C. The molecular formula is C15H15N. The minimum atomic E-state index is 1.31. The number of benzene rings is 2. The molecule has 2 aromatic carbocycles. The lowest BCUT2D eigenvalue weighted by molar-refractivity contribution is 1.01. The average molecular weight is 209 g/mol. The normalized spacial score (nSPS) is 11.4. The Balaban J connectivity index is 2.65. The standard InChI is InChI=1S/C15H15N/c1-10-7-8-14-13(9-10)12-6-4-5-11(2)15(12)16(14)3/h4-9H,1-3H3. The molecule has 0 aliphatic carbocycles. The van der Waals surface area contributed by atoms with Crippen LogP contribution in [0.2, 0.25) is 0 Å². The van der Waals surface area contributed by atoms with E-state index in [-0.39, 0.29) is 0 Å². The van der Waals surface area contributed by atoms with Gasteiger partial charge in [0.05, 0.1) is 5.52 Å². The first kappa shape index (κ1) is 9.46. The number of aryl methyl sites for hydroxylation is 3. The van der Waals surface area contributed by atoms with Gasteiger partial charge in [0.25, 0.3) is 0 Å². The van der Waals surface area contributed by atoms with Gasteiger partial charge in [0.1, 0.15) is 0 Å². The van der Waals surface area contributed by atoms with E-state index in [9.17, 15) is 0 Å². The van der Waals surface area contributed by atoms with Crippen molar-refractivity contribution in [3.8, 4) is 0 Å². The quantitative estimate of drug-likeness (QED) is 0.528. The van der Waals surface area contributed by atoms with Crippen molar-refractivity contribution in [3.05, 3.63) is 47.5 Å². The van der Waals surface area contributed by atoms with Crippen molar-refractivity contribution in [3.63, 3.8) is 0 Å². The Hall–Kier alpha value is -1.76. The van der Waals surface area contributed by atoms with E-state index in [4.69, 9.17) is 0 Å². The van der Waals surface area contributed by atoms with Crippen LogP contribution in [0.1, 0.15) is 11.1 Å². The molecule has 0 spiro atoms. The van der Waals surface area contributed by atoms with Gasteiger partial charge >= 0.3 is 0 Å². The first-order valence-corrected chi connectivity index (χ1v) is 5.63. The smallest absolute Gasteiger partial charge is 0.0518 e. The van der Waals surface area contributed by atoms with E-state index in [1.165, 1.54) is 32.9 Å². The maximum Gasteiger partial charge on any atom is 0.0518 e. The van der Waals surface area contributed by atoms with Crippen LogP contribution in [-0.2, 0) is 7.05 Å². The molecule has 3 aromatic rings. The summed E-state index contributed by atoms with van der Waals surface area (Å²) in [5.41, 5.74) is 5.33. The molecule has 0 unspecified atom stereocenters. The fourth-order valence-corrected chi connectivity index (χ4v) is 2.60. The zero-order chi connectivity index (χ0) is 11.3. The molecule has 3 rings (SSSR count). The van der Waals surface area contributed by atoms with Gasteiger partial charge in [-0.1, -0.05) is 29.8 Å². The second kappa shape index (κ2) is 3.11. The van der Waals surface area contributed by atoms with Crippen molar-refractivity contribution >= 4 is 21.8 Å². The highest BCUT2D eigenvalue weighted by atomic mass is 14.9. The Morgan fingerprint density at radius 2 is 1.75 bits per heavy atom. The Labute approximate surface area is 95.3 Å². The molecule has 0 aliphatic rings. The topological polar surface area (TPSA) is 4.93 Å². The van der Waals surface area contributed by atoms with Gasteiger partial charge in [0.2, 0.25) is 0 Å². The molecule has 1 heterocycles. The highest BCUT2D eigenvalue weighted by Gasteiger charge is 2.08. The number of nitrogens with zero attached hydrogens (tertiary/aromatic N) is 1. The lowest BCUT2D eigenvalue weighted by Gasteiger charge is -2.00. The van der Waals surface area contributed by atoms with Gasteiger partial charge in [0, 0.05) is 23.3 Å². The van der Waals surface area contributed by atoms with Gasteiger partial charge in [-0.25, -0.2) is 0 Å². The van der Waals surface area contributed by atoms with Crippen LogP contribution in [0.4, 0.5) is 0 Å². The van der Waals surface area contributed by atoms with Crippen LogP contribution in [0, 0.1) is 13.8 Å². The maximum absolute atomic E-state index is 2.29. The molecule has 80 valence electrons. The molecule has 0 atom stereocenters. The van der Waals surface area contributed by atoms with Gasteiger partial charge in [-0.3, -0.25) is 0 Å². The molecule has 1 aromatic heterocycles. The predicted octanol–water partition coefficient (Wildman–Crippen LogP) is 3.95. The molecule has 0 radical (unpaired) electrons. The van der Waals surface area contributed by atoms with E-state index in [0.717, 1.165) is 0 Å². The molecule has 0 bridgehead atoms. The molecule has 0 saturated heterocycles. The summed E-state index contributed by atoms with van der Waals surface area (Å²) in [4.78, 5) is 0. The first-order valence-electron chi connectivity index (χ1n) is 5.63. The van der Waals surface area contributed by atoms with Crippen LogP contribution in [0.5, 0.6) is 0 Å². The van der Waals surface area contributed by atoms with E-state index < -0.39 is 0 Å². The highest BCUT2D eigenvalue weighted by molar-refractivity contribution is 6.09. The zero-order valence-electron chi connectivity index (χ0n) is 9.91. The summed E-state index contributed by atoms with van der Waals surface area (Å²) < 4.78 is 2.29. The number of rotatable bonds is 0. The fourth-order valence-electron chi connectivity index (χ4n) is 2.60. The van der Waals surface area contributed by atoms with E-state index in [1.54, 1.807) is 0 Å². The van der Waals surface area contributed by atoms with E-state index in [2.05, 4.69) is 61.9 Å². The van der Waals surface area contributed by atoms with E-state index >= 15 is 0 Å². The van der Waals surface area contributed by atoms with Gasteiger partial charge < -0.3 is 4.57 Å². The third-order valence-corrected chi connectivity index (χ3v) is 3.38. The van der Waals surface area contributed by atoms with Gasteiger partial charge in [-0.05, 0) is 31.5 Å². The van der Waals surface area contributed by atoms with E-state index in [1.807, 2.05) is 0 Å². The third-order valence-electron chi connectivity index (χ3n) is 3.38. The van der Waals surface area contributed by atoms with Gasteiger partial charge in [0.15, 0.2) is 0 Å². The summed E-state index contributed by atoms with van der Waals surface area (Å²) in [7, 11) is 2.15. The Morgan fingerprint density at radius 1 is 0.938 bits per heavy atom. The Morgan fingerprint density at radius 3 is 2.56 bits per heavy atom. The largest absolute Gasteiger partial charge is 0.343 e. The maximum atomic E-state index is 2.29. The molecule has 1 nitrogen and oxygen atoms in total. The summed E-state index contributed by atoms with van der Waals surface area (Å²) >= 11 is 0. The lowest BCUT2D eigenvalue weighted by Crippen LogP contribution is -1.88. The van der Waals surface area contributed by atoms with Gasteiger partial charge in [-0.2, -0.15) is 0 Å².